The Hall–Kier alpha value is -2.08. The summed E-state index contributed by atoms with van der Waals surface area (Å²) in [4.78, 5) is 8.65. The standard InChI is InChI=1S/C19H30N4O2/c1-11(2)14-8-16(25-6)15(24-5)7-13(14)9-19(12(3)4)10-22-18(21)23-17(19)20/h7-8,10-12,18H,9,21H2,1-6H3,(H2,20,23). The van der Waals surface area contributed by atoms with Crippen LogP contribution >= 0.6 is 0 Å². The highest BCUT2D eigenvalue weighted by atomic mass is 16.5. The third kappa shape index (κ3) is 3.63. The Morgan fingerprint density at radius 1 is 1.12 bits per heavy atom. The van der Waals surface area contributed by atoms with Crippen molar-refractivity contribution in [2.24, 2.45) is 32.8 Å². The molecular weight excluding hydrogens is 316 g/mol. The quantitative estimate of drug-likeness (QED) is 0.828. The molecule has 0 saturated heterocycles. The monoisotopic (exact) mass is 346 g/mol. The smallest absolute Gasteiger partial charge is 0.192 e. The van der Waals surface area contributed by atoms with E-state index in [1.54, 1.807) is 14.2 Å². The van der Waals surface area contributed by atoms with Gasteiger partial charge in [0.2, 0.25) is 0 Å². The molecule has 0 fully saturated rings. The number of hydrogen-bond acceptors (Lipinski definition) is 6. The molecule has 2 rings (SSSR count). The van der Waals surface area contributed by atoms with Gasteiger partial charge in [-0.1, -0.05) is 27.7 Å². The fourth-order valence-electron chi connectivity index (χ4n) is 3.30. The number of rotatable bonds is 6. The number of ether oxygens (including phenoxy) is 2. The first-order valence-electron chi connectivity index (χ1n) is 8.63. The second-order valence-corrected chi connectivity index (χ2v) is 7.14. The predicted molar refractivity (Wildman–Crippen MR) is 103 cm³/mol. The second-order valence-electron chi connectivity index (χ2n) is 7.14. The van der Waals surface area contributed by atoms with E-state index >= 15 is 0 Å². The van der Waals surface area contributed by atoms with Crippen LogP contribution in [0.4, 0.5) is 0 Å². The van der Waals surface area contributed by atoms with Gasteiger partial charge in [-0.2, -0.15) is 0 Å². The highest BCUT2D eigenvalue weighted by Gasteiger charge is 2.39. The van der Waals surface area contributed by atoms with Crippen LogP contribution in [0.2, 0.25) is 0 Å². The van der Waals surface area contributed by atoms with Crippen LogP contribution in [0.1, 0.15) is 44.7 Å². The third-order valence-electron chi connectivity index (χ3n) is 4.99. The molecule has 6 nitrogen and oxygen atoms in total. The summed E-state index contributed by atoms with van der Waals surface area (Å²) in [7, 11) is 3.29. The molecule has 2 unspecified atom stereocenters. The minimum Gasteiger partial charge on any atom is -0.493 e. The summed E-state index contributed by atoms with van der Waals surface area (Å²) in [5.74, 6) is 2.53. The molecule has 0 bridgehead atoms. The second kappa shape index (κ2) is 7.44. The fraction of sp³-hybridized carbons (Fsp3) is 0.579. The van der Waals surface area contributed by atoms with Gasteiger partial charge >= 0.3 is 0 Å². The predicted octanol–water partition coefficient (Wildman–Crippen LogP) is 2.70. The van der Waals surface area contributed by atoms with E-state index in [9.17, 15) is 0 Å². The molecule has 1 aromatic carbocycles. The molecule has 0 aromatic heterocycles. The lowest BCUT2D eigenvalue weighted by Crippen LogP contribution is -2.48. The first kappa shape index (κ1) is 19.2. The molecule has 0 aliphatic carbocycles. The maximum atomic E-state index is 6.33. The van der Waals surface area contributed by atoms with Crippen molar-refractivity contribution in [2.75, 3.05) is 14.2 Å². The summed E-state index contributed by atoms with van der Waals surface area (Å²) in [6, 6.07) is 4.08. The van der Waals surface area contributed by atoms with Crippen molar-refractivity contribution in [3.05, 3.63) is 23.3 Å². The van der Waals surface area contributed by atoms with Crippen molar-refractivity contribution in [3.63, 3.8) is 0 Å². The van der Waals surface area contributed by atoms with Crippen LogP contribution in [0.25, 0.3) is 0 Å². The largest absolute Gasteiger partial charge is 0.493 e. The van der Waals surface area contributed by atoms with Gasteiger partial charge in [0.15, 0.2) is 17.8 Å². The summed E-state index contributed by atoms with van der Waals surface area (Å²) in [6.07, 6.45) is 1.96. The average Bonchev–Trinajstić information content (AvgIpc) is 2.56. The molecule has 138 valence electrons. The molecule has 0 spiro atoms. The zero-order valence-electron chi connectivity index (χ0n) is 16.0. The first-order chi connectivity index (χ1) is 11.7. The van der Waals surface area contributed by atoms with Gasteiger partial charge in [0.1, 0.15) is 5.84 Å². The van der Waals surface area contributed by atoms with Crippen LogP contribution in [0, 0.1) is 11.3 Å². The van der Waals surface area contributed by atoms with E-state index in [4.69, 9.17) is 20.9 Å². The van der Waals surface area contributed by atoms with E-state index in [0.717, 1.165) is 11.3 Å². The molecular formula is C19H30N4O2. The summed E-state index contributed by atoms with van der Waals surface area (Å²) in [6.45, 7) is 8.58. The Bertz CT molecular complexity index is 682. The topological polar surface area (TPSA) is 95.2 Å². The lowest BCUT2D eigenvalue weighted by atomic mass is 9.71. The lowest BCUT2D eigenvalue weighted by Gasteiger charge is -2.37. The number of benzene rings is 1. The molecule has 1 aliphatic heterocycles. The summed E-state index contributed by atoms with van der Waals surface area (Å²) in [5.41, 5.74) is 14.0. The Labute approximate surface area is 150 Å². The molecule has 1 aromatic rings. The molecule has 6 heteroatoms. The van der Waals surface area contributed by atoms with Crippen molar-refractivity contribution < 1.29 is 9.47 Å². The Kier molecular flexibility index (Phi) is 5.72. The maximum absolute atomic E-state index is 6.33. The van der Waals surface area contributed by atoms with Gasteiger partial charge < -0.3 is 15.2 Å². The van der Waals surface area contributed by atoms with Crippen LogP contribution in [0.5, 0.6) is 11.5 Å². The zero-order valence-corrected chi connectivity index (χ0v) is 16.0. The van der Waals surface area contributed by atoms with E-state index in [1.807, 2.05) is 18.3 Å². The first-order valence-corrected chi connectivity index (χ1v) is 8.63. The van der Waals surface area contributed by atoms with Crippen LogP contribution in [0.15, 0.2) is 22.1 Å². The van der Waals surface area contributed by atoms with Crippen LogP contribution in [-0.2, 0) is 6.42 Å². The molecule has 0 saturated carbocycles. The van der Waals surface area contributed by atoms with Gasteiger partial charge in [-0.25, -0.2) is 4.99 Å². The molecule has 2 atom stereocenters. The number of hydrogen-bond donors (Lipinski definition) is 2. The molecule has 1 heterocycles. The minimum absolute atomic E-state index is 0.223. The number of methoxy groups -OCH3 is 2. The summed E-state index contributed by atoms with van der Waals surface area (Å²) >= 11 is 0. The van der Waals surface area contributed by atoms with Crippen molar-refractivity contribution in [1.82, 2.24) is 0 Å². The molecule has 0 radical (unpaired) electrons. The van der Waals surface area contributed by atoms with Gasteiger partial charge in [-0.05, 0) is 41.5 Å². The van der Waals surface area contributed by atoms with Gasteiger partial charge in [0.25, 0.3) is 0 Å². The number of nitrogens with zero attached hydrogens (tertiary/aromatic N) is 2. The average molecular weight is 346 g/mol. The Morgan fingerprint density at radius 3 is 2.20 bits per heavy atom. The van der Waals surface area contributed by atoms with Gasteiger partial charge in [0, 0.05) is 6.21 Å². The SMILES string of the molecule is COc1cc(CC2(C(C)C)C=NC(N)N=C2N)c(C(C)C)cc1OC. The van der Waals surface area contributed by atoms with Gasteiger partial charge in [-0.15, -0.1) is 0 Å². The van der Waals surface area contributed by atoms with Crippen molar-refractivity contribution in [2.45, 2.75) is 46.3 Å². The Balaban J connectivity index is 2.57. The normalized spacial score (nSPS) is 23.1. The fourth-order valence-corrected chi connectivity index (χ4v) is 3.30. The van der Waals surface area contributed by atoms with Crippen molar-refractivity contribution in [3.8, 4) is 11.5 Å². The number of aliphatic imine (C=N–C) groups is 2. The van der Waals surface area contributed by atoms with E-state index in [0.29, 0.717) is 23.9 Å². The van der Waals surface area contributed by atoms with Crippen LogP contribution in [-0.4, -0.2) is 32.6 Å². The van der Waals surface area contributed by atoms with E-state index < -0.39 is 11.7 Å². The van der Waals surface area contributed by atoms with Gasteiger partial charge in [-0.3, -0.25) is 10.7 Å². The van der Waals surface area contributed by atoms with Gasteiger partial charge in [0.05, 0.1) is 19.6 Å². The van der Waals surface area contributed by atoms with E-state index in [-0.39, 0.29) is 5.92 Å². The van der Waals surface area contributed by atoms with E-state index in [2.05, 4.69) is 37.7 Å². The maximum Gasteiger partial charge on any atom is 0.192 e. The minimum atomic E-state index is -0.609. The highest BCUT2D eigenvalue weighted by Crippen LogP contribution is 2.39. The number of nitrogens with two attached hydrogens (primary N) is 2. The highest BCUT2D eigenvalue weighted by molar-refractivity contribution is 6.02. The summed E-state index contributed by atoms with van der Waals surface area (Å²) < 4.78 is 11.0. The Morgan fingerprint density at radius 2 is 1.72 bits per heavy atom. The molecule has 25 heavy (non-hydrogen) atoms. The van der Waals surface area contributed by atoms with Crippen LogP contribution < -0.4 is 20.9 Å². The third-order valence-corrected chi connectivity index (χ3v) is 4.99. The molecule has 4 N–H and O–H groups in total. The van der Waals surface area contributed by atoms with Crippen molar-refractivity contribution >= 4 is 12.1 Å². The molecule has 0 amide bonds. The summed E-state index contributed by atoms with van der Waals surface area (Å²) in [5, 5.41) is 0. The zero-order chi connectivity index (χ0) is 18.8. The van der Waals surface area contributed by atoms with E-state index in [1.165, 1.54) is 5.56 Å². The lowest BCUT2D eigenvalue weighted by molar-refractivity contribution is 0.352. The molecule has 1 aliphatic rings. The number of amidine groups is 1. The van der Waals surface area contributed by atoms with Crippen molar-refractivity contribution in [1.29, 1.82) is 0 Å². The van der Waals surface area contributed by atoms with Crippen LogP contribution in [0.3, 0.4) is 0 Å².